The van der Waals surface area contributed by atoms with E-state index < -0.39 is 5.60 Å². The number of ether oxygens (including phenoxy) is 1. The molecule has 2 rings (SSSR count). The Morgan fingerprint density at radius 2 is 1.94 bits per heavy atom. The monoisotopic (exact) mass is 294 g/mol. The maximum atomic E-state index is 12.0. The lowest BCUT2D eigenvalue weighted by Gasteiger charge is -2.37. The Morgan fingerprint density at radius 3 is 2.56 bits per heavy atom. The van der Waals surface area contributed by atoms with Crippen LogP contribution in [-0.2, 0) is 4.74 Å². The number of carbonyl (C=O) groups excluding carboxylic acids is 1. The van der Waals surface area contributed by atoms with Crippen molar-refractivity contribution in [3.05, 3.63) is 0 Å². The van der Waals surface area contributed by atoms with Gasteiger partial charge in [0.25, 0.3) is 0 Å². The molecule has 0 saturated carbocycles. The molecule has 0 aromatic carbocycles. The van der Waals surface area contributed by atoms with E-state index >= 15 is 0 Å². The van der Waals surface area contributed by atoms with Crippen LogP contribution in [0.1, 0.15) is 33.6 Å². The maximum absolute atomic E-state index is 12.0. The minimum atomic E-state index is -0.393. The average molecular weight is 294 g/mol. The fourth-order valence-electron chi connectivity index (χ4n) is 2.62. The highest BCUT2D eigenvalue weighted by molar-refractivity contribution is 7.59. The van der Waals surface area contributed by atoms with Crippen molar-refractivity contribution >= 4 is 33.1 Å². The van der Waals surface area contributed by atoms with E-state index in [0.29, 0.717) is 12.0 Å². The second-order valence-corrected chi connectivity index (χ2v) is 5.80. The predicted octanol–water partition coefficient (Wildman–Crippen LogP) is 1.83. The van der Waals surface area contributed by atoms with Crippen LogP contribution in [0.4, 0.5) is 4.79 Å². The first-order valence-electron chi connectivity index (χ1n) is 6.18. The summed E-state index contributed by atoms with van der Waals surface area (Å²) in [4.78, 5) is 13.9. The van der Waals surface area contributed by atoms with Crippen molar-refractivity contribution < 1.29 is 9.53 Å². The fraction of sp³-hybridized carbons (Fsp3) is 0.917. The van der Waals surface area contributed by atoms with Gasteiger partial charge in [0.2, 0.25) is 0 Å². The molecule has 2 aliphatic rings. The molecule has 0 aromatic rings. The largest absolute Gasteiger partial charge is 0.444 e. The molecule has 2 atom stereocenters. The van der Waals surface area contributed by atoms with Gasteiger partial charge < -0.3 is 15.0 Å². The van der Waals surface area contributed by atoms with E-state index in [9.17, 15) is 4.79 Å². The number of nitrogens with one attached hydrogen (secondary N) is 1. The maximum Gasteiger partial charge on any atom is 0.410 e. The molecule has 2 saturated heterocycles. The average Bonchev–Trinajstić information content (AvgIpc) is 2.61. The van der Waals surface area contributed by atoms with Crippen LogP contribution in [0.25, 0.3) is 0 Å². The number of fused-ring (bicyclic) bond motifs is 1. The van der Waals surface area contributed by atoms with Gasteiger partial charge in [0.15, 0.2) is 0 Å². The number of hydrogen-bond donors (Lipinski definition) is 1. The van der Waals surface area contributed by atoms with Gasteiger partial charge in [-0.25, -0.2) is 4.79 Å². The van der Waals surface area contributed by atoms with Crippen molar-refractivity contribution in [1.29, 1.82) is 0 Å². The third-order valence-electron chi connectivity index (χ3n) is 3.31. The summed E-state index contributed by atoms with van der Waals surface area (Å²) >= 11 is 0. The minimum absolute atomic E-state index is 0. The standard InChI is InChI=1S/C12H22N2O2.2H2S/c1-12(2,3)16-11(15)14-6-4-5-9-7-13-8-10(9)14;;/h9-10,13H,4-8H2,1-3H3;2*1H2/t9-,10+;;/m0../s1. The molecular weight excluding hydrogens is 268 g/mol. The zero-order valence-electron chi connectivity index (χ0n) is 11.5. The van der Waals surface area contributed by atoms with Crippen LogP contribution in [0, 0.1) is 5.92 Å². The minimum Gasteiger partial charge on any atom is -0.444 e. The van der Waals surface area contributed by atoms with Crippen molar-refractivity contribution in [2.45, 2.75) is 45.3 Å². The summed E-state index contributed by atoms with van der Waals surface area (Å²) < 4.78 is 5.44. The van der Waals surface area contributed by atoms with Gasteiger partial charge in [-0.05, 0) is 39.5 Å². The summed E-state index contributed by atoms with van der Waals surface area (Å²) in [7, 11) is 0. The molecule has 4 nitrogen and oxygen atoms in total. The van der Waals surface area contributed by atoms with Gasteiger partial charge in [-0.15, -0.1) is 0 Å². The second kappa shape index (κ2) is 6.91. The molecule has 18 heavy (non-hydrogen) atoms. The van der Waals surface area contributed by atoms with E-state index in [1.807, 2.05) is 25.7 Å². The van der Waals surface area contributed by atoms with Gasteiger partial charge in [0, 0.05) is 19.6 Å². The summed E-state index contributed by atoms with van der Waals surface area (Å²) in [6, 6.07) is 0.351. The molecule has 2 aliphatic heterocycles. The van der Waals surface area contributed by atoms with Gasteiger partial charge in [-0.3, -0.25) is 0 Å². The van der Waals surface area contributed by atoms with E-state index in [1.54, 1.807) is 0 Å². The van der Waals surface area contributed by atoms with Crippen LogP contribution in [0.3, 0.4) is 0 Å². The van der Waals surface area contributed by atoms with Crippen LogP contribution in [0.5, 0.6) is 0 Å². The number of hydrogen-bond acceptors (Lipinski definition) is 3. The van der Waals surface area contributed by atoms with Gasteiger partial charge in [-0.1, -0.05) is 0 Å². The first kappa shape index (κ1) is 17.9. The summed E-state index contributed by atoms with van der Waals surface area (Å²) in [5, 5.41) is 3.36. The number of amides is 1. The first-order chi connectivity index (χ1) is 7.47. The summed E-state index contributed by atoms with van der Waals surface area (Å²) in [5.74, 6) is 0.626. The number of likely N-dealkylation sites (tertiary alicyclic amines) is 1. The van der Waals surface area contributed by atoms with Gasteiger partial charge in [0.05, 0.1) is 6.04 Å². The second-order valence-electron chi connectivity index (χ2n) is 5.80. The van der Waals surface area contributed by atoms with Crippen molar-refractivity contribution in [3.8, 4) is 0 Å². The zero-order chi connectivity index (χ0) is 11.8. The molecule has 0 aromatic heterocycles. The van der Waals surface area contributed by atoms with Crippen molar-refractivity contribution in [2.24, 2.45) is 5.92 Å². The van der Waals surface area contributed by atoms with E-state index in [0.717, 1.165) is 26.1 Å². The third-order valence-corrected chi connectivity index (χ3v) is 3.31. The van der Waals surface area contributed by atoms with Crippen LogP contribution in [0.15, 0.2) is 0 Å². The lowest BCUT2D eigenvalue weighted by atomic mass is 9.92. The number of piperidine rings is 1. The molecule has 1 amide bonds. The Hall–Kier alpha value is -0.0700. The third kappa shape index (κ3) is 4.24. The molecule has 1 N–H and O–H groups in total. The van der Waals surface area contributed by atoms with Gasteiger partial charge in [-0.2, -0.15) is 27.0 Å². The predicted molar refractivity (Wildman–Crippen MR) is 83.1 cm³/mol. The van der Waals surface area contributed by atoms with Crippen LogP contribution >= 0.6 is 27.0 Å². The highest BCUT2D eigenvalue weighted by Crippen LogP contribution is 2.27. The number of rotatable bonds is 0. The van der Waals surface area contributed by atoms with E-state index in [2.05, 4.69) is 5.32 Å². The van der Waals surface area contributed by atoms with Crippen LogP contribution in [-0.4, -0.2) is 42.3 Å². The molecule has 6 heteroatoms. The molecule has 0 bridgehead atoms. The molecule has 0 radical (unpaired) electrons. The Balaban J connectivity index is 0.00000144. The number of carbonyl (C=O) groups is 1. The highest BCUT2D eigenvalue weighted by Gasteiger charge is 2.38. The van der Waals surface area contributed by atoms with E-state index in [4.69, 9.17) is 4.74 Å². The van der Waals surface area contributed by atoms with Crippen LogP contribution < -0.4 is 5.32 Å². The number of nitrogens with zero attached hydrogens (tertiary/aromatic N) is 1. The van der Waals surface area contributed by atoms with Crippen LogP contribution in [0.2, 0.25) is 0 Å². The van der Waals surface area contributed by atoms with Crippen molar-refractivity contribution in [3.63, 3.8) is 0 Å². The Morgan fingerprint density at radius 1 is 1.28 bits per heavy atom. The summed E-state index contributed by atoms with van der Waals surface area (Å²) in [6.45, 7) is 8.56. The Bertz CT molecular complexity index is 282. The molecule has 108 valence electrons. The smallest absolute Gasteiger partial charge is 0.410 e. The molecule has 2 fully saturated rings. The van der Waals surface area contributed by atoms with E-state index in [1.165, 1.54) is 6.42 Å². The lowest BCUT2D eigenvalue weighted by Crippen LogP contribution is -2.50. The van der Waals surface area contributed by atoms with Gasteiger partial charge in [0.1, 0.15) is 5.60 Å². The zero-order valence-corrected chi connectivity index (χ0v) is 13.5. The normalized spacial score (nSPS) is 26.7. The van der Waals surface area contributed by atoms with E-state index in [-0.39, 0.29) is 33.1 Å². The highest BCUT2D eigenvalue weighted by atomic mass is 32.1. The SMILES string of the molecule is CC(C)(C)OC(=O)N1CCC[C@H]2CNC[C@H]21.S.S. The van der Waals surface area contributed by atoms with Crippen molar-refractivity contribution in [1.82, 2.24) is 10.2 Å². The van der Waals surface area contributed by atoms with Crippen molar-refractivity contribution in [2.75, 3.05) is 19.6 Å². The Labute approximate surface area is 124 Å². The topological polar surface area (TPSA) is 41.6 Å². The molecule has 2 heterocycles. The summed E-state index contributed by atoms with van der Waals surface area (Å²) in [6.07, 6.45) is 2.19. The molecular formula is C12H26N2O2S2. The lowest BCUT2D eigenvalue weighted by molar-refractivity contribution is 0.00663. The fourth-order valence-corrected chi connectivity index (χ4v) is 2.62. The quantitative estimate of drug-likeness (QED) is 0.741. The Kier molecular flexibility index (Phi) is 6.89. The first-order valence-corrected chi connectivity index (χ1v) is 6.18. The molecule has 0 aliphatic carbocycles. The molecule has 0 spiro atoms. The van der Waals surface area contributed by atoms with Gasteiger partial charge >= 0.3 is 6.09 Å². The summed E-state index contributed by atoms with van der Waals surface area (Å²) in [5.41, 5.74) is -0.393. The molecule has 0 unspecified atom stereocenters.